The fraction of sp³-hybridized carbons (Fsp3) is 0.538. The average Bonchev–Trinajstić information content (AvgIpc) is 2.29. The summed E-state index contributed by atoms with van der Waals surface area (Å²) < 4.78 is 0. The van der Waals surface area contributed by atoms with Crippen LogP contribution in [-0.2, 0) is 6.42 Å². The second-order valence-electron chi connectivity index (χ2n) is 4.11. The Bertz CT molecular complexity index is 258. The molecule has 0 saturated heterocycles. The molecule has 2 nitrogen and oxygen atoms in total. The maximum Gasteiger partial charge on any atom is 0.0192 e. The molecule has 1 rings (SSSR count). The summed E-state index contributed by atoms with van der Waals surface area (Å²) in [5.41, 5.74) is 13.2. The number of hydrogen-bond acceptors (Lipinski definition) is 2. The van der Waals surface area contributed by atoms with E-state index < -0.39 is 0 Å². The largest absolute Gasteiger partial charge is 0.326 e. The van der Waals surface area contributed by atoms with Gasteiger partial charge in [-0.25, -0.2) is 0 Å². The van der Waals surface area contributed by atoms with Crippen molar-refractivity contribution in [3.63, 3.8) is 0 Å². The number of aryl methyl sites for hydroxylation is 1. The summed E-state index contributed by atoms with van der Waals surface area (Å²) in [6.45, 7) is 2.09. The van der Waals surface area contributed by atoms with E-state index in [0.29, 0.717) is 0 Å². The van der Waals surface area contributed by atoms with E-state index in [9.17, 15) is 0 Å². The number of nitrogens with two attached hydrogens (primary N) is 2. The zero-order chi connectivity index (χ0) is 11.1. The summed E-state index contributed by atoms with van der Waals surface area (Å²) in [4.78, 5) is 0. The molecule has 0 fully saturated rings. The van der Waals surface area contributed by atoms with Crippen molar-refractivity contribution in [1.29, 1.82) is 0 Å². The van der Waals surface area contributed by atoms with Crippen LogP contribution in [0.25, 0.3) is 0 Å². The van der Waals surface area contributed by atoms with Crippen molar-refractivity contribution in [3.05, 3.63) is 35.9 Å². The standard InChI is InChI=1S/C13H22N2/c1-2-12(14)13(15)10-6-9-11-7-4-3-5-8-11/h3-5,7-8,12-13H,2,6,9-10,14-15H2,1H3/t12-,13+/m1/s1. The van der Waals surface area contributed by atoms with Crippen molar-refractivity contribution < 1.29 is 0 Å². The lowest BCUT2D eigenvalue weighted by Crippen LogP contribution is -2.40. The zero-order valence-electron chi connectivity index (χ0n) is 9.52. The van der Waals surface area contributed by atoms with E-state index in [-0.39, 0.29) is 12.1 Å². The van der Waals surface area contributed by atoms with Crippen LogP contribution in [0.15, 0.2) is 30.3 Å². The quantitative estimate of drug-likeness (QED) is 0.748. The molecule has 2 heteroatoms. The summed E-state index contributed by atoms with van der Waals surface area (Å²) in [5.74, 6) is 0. The van der Waals surface area contributed by atoms with Crippen LogP contribution >= 0.6 is 0 Å². The van der Waals surface area contributed by atoms with Crippen LogP contribution in [0.3, 0.4) is 0 Å². The molecule has 0 spiro atoms. The lowest BCUT2D eigenvalue weighted by atomic mass is 9.99. The van der Waals surface area contributed by atoms with E-state index >= 15 is 0 Å². The van der Waals surface area contributed by atoms with Gasteiger partial charge < -0.3 is 11.5 Å². The minimum atomic E-state index is 0.152. The molecule has 0 unspecified atom stereocenters. The van der Waals surface area contributed by atoms with E-state index in [2.05, 4.69) is 31.2 Å². The first-order chi connectivity index (χ1) is 7.24. The molecule has 0 amide bonds. The predicted octanol–water partition coefficient (Wildman–Crippen LogP) is 2.07. The van der Waals surface area contributed by atoms with E-state index in [0.717, 1.165) is 25.7 Å². The van der Waals surface area contributed by atoms with Gasteiger partial charge >= 0.3 is 0 Å². The minimum Gasteiger partial charge on any atom is -0.326 e. The van der Waals surface area contributed by atoms with Crippen LogP contribution in [0.5, 0.6) is 0 Å². The highest BCUT2D eigenvalue weighted by Crippen LogP contribution is 2.07. The third kappa shape index (κ3) is 4.45. The van der Waals surface area contributed by atoms with Gasteiger partial charge in [0.2, 0.25) is 0 Å². The molecule has 0 heterocycles. The molecule has 1 aromatic rings. The second-order valence-corrected chi connectivity index (χ2v) is 4.11. The first-order valence-corrected chi connectivity index (χ1v) is 5.79. The summed E-state index contributed by atoms with van der Waals surface area (Å²) in [5, 5.41) is 0. The van der Waals surface area contributed by atoms with Gasteiger partial charge in [0.25, 0.3) is 0 Å². The molecule has 84 valence electrons. The minimum absolute atomic E-state index is 0.152. The first-order valence-electron chi connectivity index (χ1n) is 5.79. The van der Waals surface area contributed by atoms with Gasteiger partial charge in [-0.15, -0.1) is 0 Å². The van der Waals surface area contributed by atoms with E-state index in [1.54, 1.807) is 0 Å². The number of rotatable bonds is 6. The molecule has 4 N–H and O–H groups in total. The lowest BCUT2D eigenvalue weighted by molar-refractivity contribution is 0.471. The van der Waals surface area contributed by atoms with Gasteiger partial charge in [0.05, 0.1) is 0 Å². The average molecular weight is 206 g/mol. The highest BCUT2D eigenvalue weighted by Gasteiger charge is 2.09. The van der Waals surface area contributed by atoms with Gasteiger partial charge in [0.15, 0.2) is 0 Å². The first kappa shape index (κ1) is 12.2. The highest BCUT2D eigenvalue weighted by molar-refractivity contribution is 5.14. The van der Waals surface area contributed by atoms with Crippen LogP contribution in [0, 0.1) is 0 Å². The van der Waals surface area contributed by atoms with Crippen molar-refractivity contribution in [2.24, 2.45) is 11.5 Å². The molecule has 15 heavy (non-hydrogen) atoms. The summed E-state index contributed by atoms with van der Waals surface area (Å²) >= 11 is 0. The molecule has 0 aliphatic carbocycles. The Hall–Kier alpha value is -0.860. The van der Waals surface area contributed by atoms with Crippen molar-refractivity contribution >= 4 is 0 Å². The van der Waals surface area contributed by atoms with E-state index in [1.807, 2.05) is 6.07 Å². The maximum atomic E-state index is 5.97. The smallest absolute Gasteiger partial charge is 0.0192 e. The SMILES string of the molecule is CC[C@@H](N)[C@@H](N)CCCc1ccccc1. The Labute approximate surface area is 92.7 Å². The second kappa shape index (κ2) is 6.59. The highest BCUT2D eigenvalue weighted by atomic mass is 14.8. The topological polar surface area (TPSA) is 52.0 Å². The van der Waals surface area contributed by atoms with Crippen LogP contribution in [0.4, 0.5) is 0 Å². The fourth-order valence-electron chi connectivity index (χ4n) is 1.70. The molecule has 1 aromatic carbocycles. The van der Waals surface area contributed by atoms with Gasteiger partial charge in [0, 0.05) is 12.1 Å². The van der Waals surface area contributed by atoms with Crippen LogP contribution in [-0.4, -0.2) is 12.1 Å². The fourth-order valence-corrected chi connectivity index (χ4v) is 1.70. The Kier molecular flexibility index (Phi) is 5.37. The van der Waals surface area contributed by atoms with Gasteiger partial charge in [0.1, 0.15) is 0 Å². The van der Waals surface area contributed by atoms with Crippen molar-refractivity contribution in [2.45, 2.75) is 44.7 Å². The van der Waals surface area contributed by atoms with Crippen molar-refractivity contribution in [2.75, 3.05) is 0 Å². The zero-order valence-corrected chi connectivity index (χ0v) is 9.52. The van der Waals surface area contributed by atoms with Crippen molar-refractivity contribution in [3.8, 4) is 0 Å². The van der Waals surface area contributed by atoms with Gasteiger partial charge in [-0.3, -0.25) is 0 Å². The molecule has 0 aliphatic heterocycles. The van der Waals surface area contributed by atoms with E-state index in [1.165, 1.54) is 5.56 Å². The summed E-state index contributed by atoms with van der Waals surface area (Å²) in [6, 6.07) is 10.8. The monoisotopic (exact) mass is 206 g/mol. The molecule has 0 aliphatic rings. The Morgan fingerprint density at radius 3 is 2.33 bits per heavy atom. The Morgan fingerprint density at radius 1 is 1.07 bits per heavy atom. The molecule has 0 radical (unpaired) electrons. The third-order valence-electron chi connectivity index (χ3n) is 2.87. The third-order valence-corrected chi connectivity index (χ3v) is 2.87. The van der Waals surface area contributed by atoms with Crippen LogP contribution < -0.4 is 11.5 Å². The molecular weight excluding hydrogens is 184 g/mol. The Balaban J connectivity index is 2.22. The molecule has 2 atom stereocenters. The molecule has 0 saturated carbocycles. The van der Waals surface area contributed by atoms with E-state index in [4.69, 9.17) is 11.5 Å². The van der Waals surface area contributed by atoms with Crippen LogP contribution in [0.2, 0.25) is 0 Å². The van der Waals surface area contributed by atoms with Gasteiger partial charge in [-0.05, 0) is 31.2 Å². The molecule has 0 aromatic heterocycles. The number of hydrogen-bond donors (Lipinski definition) is 2. The van der Waals surface area contributed by atoms with Gasteiger partial charge in [-0.2, -0.15) is 0 Å². The summed E-state index contributed by atoms with van der Waals surface area (Å²) in [6.07, 6.45) is 4.21. The Morgan fingerprint density at radius 2 is 1.73 bits per heavy atom. The summed E-state index contributed by atoms with van der Waals surface area (Å²) in [7, 11) is 0. The normalized spacial score (nSPS) is 14.9. The van der Waals surface area contributed by atoms with Gasteiger partial charge in [-0.1, -0.05) is 37.3 Å². The number of benzene rings is 1. The predicted molar refractivity (Wildman–Crippen MR) is 65.6 cm³/mol. The van der Waals surface area contributed by atoms with Crippen LogP contribution in [0.1, 0.15) is 31.7 Å². The molecule has 0 bridgehead atoms. The molecular formula is C13H22N2. The maximum absolute atomic E-state index is 5.97. The lowest BCUT2D eigenvalue weighted by Gasteiger charge is -2.17. The van der Waals surface area contributed by atoms with Crippen molar-refractivity contribution in [1.82, 2.24) is 0 Å².